The van der Waals surface area contributed by atoms with Crippen LogP contribution in [0, 0.1) is 0 Å². The van der Waals surface area contributed by atoms with Crippen LogP contribution in [0.5, 0.6) is 5.75 Å². The Bertz CT molecular complexity index is 735. The Balaban J connectivity index is 2.18. The average molecular weight is 327 g/mol. The van der Waals surface area contributed by atoms with Crippen LogP contribution in [0.3, 0.4) is 0 Å². The fourth-order valence-corrected chi connectivity index (χ4v) is 2.15. The van der Waals surface area contributed by atoms with Gasteiger partial charge >= 0.3 is 5.97 Å². The molecule has 0 atom stereocenters. The minimum absolute atomic E-state index is 0.212. The molecule has 0 unspecified atom stereocenters. The number of carboxylic acids is 1. The molecule has 6 heteroatoms. The maximum absolute atomic E-state index is 10.8. The summed E-state index contributed by atoms with van der Waals surface area (Å²) < 4.78 is 5.37. The number of nitrogens with one attached hydrogen (secondary N) is 1. The zero-order valence-electron chi connectivity index (χ0n) is 13.6. The molecule has 6 nitrogen and oxygen atoms in total. The first-order chi connectivity index (χ1) is 11.4. The van der Waals surface area contributed by atoms with Gasteiger partial charge in [0.15, 0.2) is 5.70 Å². The Kier molecular flexibility index (Phi) is 5.44. The van der Waals surface area contributed by atoms with Gasteiger partial charge in [-0.25, -0.2) is 10.6 Å². The first-order valence-electron chi connectivity index (χ1n) is 7.50. The number of hydrogen-bond donors (Lipinski definition) is 4. The SMILES string of the molecule is CC(C)c1ccc(-c2ccc(O/C(NN)=C(/N)C(=O)O)cc2)cc1. The van der Waals surface area contributed by atoms with Crippen LogP contribution in [0.15, 0.2) is 60.1 Å². The Hall–Kier alpha value is -2.99. The molecule has 126 valence electrons. The van der Waals surface area contributed by atoms with E-state index in [1.165, 1.54) is 5.56 Å². The van der Waals surface area contributed by atoms with Gasteiger partial charge in [-0.05, 0) is 34.7 Å². The van der Waals surface area contributed by atoms with E-state index in [-0.39, 0.29) is 5.88 Å². The number of hydrazine groups is 1. The molecule has 0 aliphatic heterocycles. The fourth-order valence-electron chi connectivity index (χ4n) is 2.15. The third-order valence-corrected chi connectivity index (χ3v) is 3.59. The van der Waals surface area contributed by atoms with E-state index in [0.717, 1.165) is 11.1 Å². The van der Waals surface area contributed by atoms with Crippen molar-refractivity contribution in [2.75, 3.05) is 0 Å². The van der Waals surface area contributed by atoms with E-state index >= 15 is 0 Å². The van der Waals surface area contributed by atoms with Crippen molar-refractivity contribution in [3.63, 3.8) is 0 Å². The van der Waals surface area contributed by atoms with Gasteiger partial charge in [-0.1, -0.05) is 50.2 Å². The van der Waals surface area contributed by atoms with Crippen LogP contribution in [0.25, 0.3) is 11.1 Å². The van der Waals surface area contributed by atoms with E-state index in [2.05, 4.69) is 43.5 Å². The summed E-state index contributed by atoms with van der Waals surface area (Å²) in [6.45, 7) is 4.31. The first kappa shape index (κ1) is 17.4. The van der Waals surface area contributed by atoms with E-state index in [4.69, 9.17) is 21.4 Å². The topological polar surface area (TPSA) is 111 Å². The van der Waals surface area contributed by atoms with Crippen molar-refractivity contribution in [3.8, 4) is 16.9 Å². The lowest BCUT2D eigenvalue weighted by Crippen LogP contribution is -2.31. The van der Waals surface area contributed by atoms with Crippen LogP contribution < -0.4 is 21.7 Å². The number of aliphatic carboxylic acids is 1. The van der Waals surface area contributed by atoms with Crippen LogP contribution in [0.4, 0.5) is 0 Å². The predicted molar refractivity (Wildman–Crippen MR) is 92.8 cm³/mol. The number of hydrogen-bond acceptors (Lipinski definition) is 5. The van der Waals surface area contributed by atoms with Gasteiger partial charge in [0.05, 0.1) is 0 Å². The highest BCUT2D eigenvalue weighted by atomic mass is 16.5. The molecule has 2 aromatic carbocycles. The number of benzene rings is 2. The van der Waals surface area contributed by atoms with Crippen LogP contribution in [0.2, 0.25) is 0 Å². The summed E-state index contributed by atoms with van der Waals surface area (Å²) in [5.74, 6) is 4.63. The average Bonchev–Trinajstić information content (AvgIpc) is 2.59. The molecule has 2 aromatic rings. The van der Waals surface area contributed by atoms with Crippen molar-refractivity contribution < 1.29 is 14.6 Å². The van der Waals surface area contributed by atoms with E-state index in [9.17, 15) is 4.79 Å². The van der Waals surface area contributed by atoms with Crippen LogP contribution in [0.1, 0.15) is 25.3 Å². The third-order valence-electron chi connectivity index (χ3n) is 3.59. The van der Waals surface area contributed by atoms with Gasteiger partial charge in [-0.3, -0.25) is 5.43 Å². The summed E-state index contributed by atoms with van der Waals surface area (Å²) in [6.07, 6.45) is 0. The van der Waals surface area contributed by atoms with Crippen molar-refractivity contribution in [1.82, 2.24) is 5.43 Å². The van der Waals surface area contributed by atoms with Gasteiger partial charge in [-0.15, -0.1) is 0 Å². The molecule has 0 spiro atoms. The summed E-state index contributed by atoms with van der Waals surface area (Å²) in [6, 6.07) is 15.6. The summed E-state index contributed by atoms with van der Waals surface area (Å²) >= 11 is 0. The molecule has 0 radical (unpaired) electrons. The molecule has 0 saturated heterocycles. The molecule has 6 N–H and O–H groups in total. The van der Waals surface area contributed by atoms with Gasteiger partial charge in [0.2, 0.25) is 5.88 Å². The van der Waals surface area contributed by atoms with E-state index < -0.39 is 11.7 Å². The molecule has 0 fully saturated rings. The lowest BCUT2D eigenvalue weighted by Gasteiger charge is -2.11. The first-order valence-corrected chi connectivity index (χ1v) is 7.50. The van der Waals surface area contributed by atoms with E-state index in [0.29, 0.717) is 11.7 Å². The largest absolute Gasteiger partial charge is 0.476 e. The third kappa shape index (κ3) is 4.05. The highest BCUT2D eigenvalue weighted by Gasteiger charge is 2.12. The molecule has 0 aliphatic carbocycles. The Morgan fingerprint density at radius 3 is 1.96 bits per heavy atom. The van der Waals surface area contributed by atoms with Crippen molar-refractivity contribution in [2.24, 2.45) is 11.6 Å². The van der Waals surface area contributed by atoms with Crippen LogP contribution in [-0.4, -0.2) is 11.1 Å². The van der Waals surface area contributed by atoms with Gasteiger partial charge in [-0.2, -0.15) is 0 Å². The molecular formula is C18H21N3O3. The van der Waals surface area contributed by atoms with Crippen molar-refractivity contribution in [3.05, 3.63) is 65.7 Å². The molecule has 0 heterocycles. The van der Waals surface area contributed by atoms with Crippen molar-refractivity contribution in [1.29, 1.82) is 0 Å². The maximum atomic E-state index is 10.8. The number of nitrogens with two attached hydrogens (primary N) is 2. The Morgan fingerprint density at radius 1 is 1.04 bits per heavy atom. The number of rotatable bonds is 6. The molecule has 0 bridgehead atoms. The monoisotopic (exact) mass is 327 g/mol. The second-order valence-corrected chi connectivity index (χ2v) is 5.60. The van der Waals surface area contributed by atoms with E-state index in [1.807, 2.05) is 12.1 Å². The quantitative estimate of drug-likeness (QED) is 0.281. The summed E-state index contributed by atoms with van der Waals surface area (Å²) in [7, 11) is 0. The minimum Gasteiger partial charge on any atom is -0.476 e. The van der Waals surface area contributed by atoms with Gasteiger partial charge in [0.1, 0.15) is 5.75 Å². The predicted octanol–water partition coefficient (Wildman–Crippen LogP) is 2.53. The number of carbonyl (C=O) groups is 1. The zero-order valence-corrected chi connectivity index (χ0v) is 13.6. The highest BCUT2D eigenvalue weighted by Crippen LogP contribution is 2.25. The molecule has 24 heavy (non-hydrogen) atoms. The summed E-state index contributed by atoms with van der Waals surface area (Å²) in [5, 5.41) is 8.86. The molecule has 0 aromatic heterocycles. The molecule has 0 saturated carbocycles. The van der Waals surface area contributed by atoms with Gasteiger partial charge < -0.3 is 15.6 Å². The lowest BCUT2D eigenvalue weighted by molar-refractivity contribution is -0.132. The maximum Gasteiger partial charge on any atom is 0.357 e. The molecular weight excluding hydrogens is 306 g/mol. The van der Waals surface area contributed by atoms with Gasteiger partial charge in [0, 0.05) is 0 Å². The Labute approximate surface area is 140 Å². The number of carboxylic acid groups (broad SMARTS) is 1. The molecule has 0 aliphatic rings. The zero-order chi connectivity index (χ0) is 17.7. The van der Waals surface area contributed by atoms with Crippen LogP contribution >= 0.6 is 0 Å². The minimum atomic E-state index is -1.31. The Morgan fingerprint density at radius 2 is 1.54 bits per heavy atom. The standard InChI is InChI=1S/C18H21N3O3/c1-11(2)12-3-5-13(6-4-12)14-7-9-15(10-8-14)24-17(21-20)16(19)18(22)23/h3-11,21H,19-20H2,1-2H3,(H,22,23)/b17-16+. The normalized spacial score (nSPS) is 11.8. The highest BCUT2D eigenvalue weighted by molar-refractivity contribution is 5.85. The second kappa shape index (κ2) is 7.52. The summed E-state index contributed by atoms with van der Waals surface area (Å²) in [5.41, 5.74) is 10.4. The fraction of sp³-hybridized carbons (Fsp3) is 0.167. The molecule has 2 rings (SSSR count). The summed E-state index contributed by atoms with van der Waals surface area (Å²) in [4.78, 5) is 10.8. The van der Waals surface area contributed by atoms with Crippen molar-refractivity contribution >= 4 is 5.97 Å². The second-order valence-electron chi connectivity index (χ2n) is 5.60. The smallest absolute Gasteiger partial charge is 0.357 e. The van der Waals surface area contributed by atoms with Crippen molar-refractivity contribution in [2.45, 2.75) is 19.8 Å². The lowest BCUT2D eigenvalue weighted by atomic mass is 9.99. The van der Waals surface area contributed by atoms with Gasteiger partial charge in [0.25, 0.3) is 0 Å². The number of ether oxygens (including phenoxy) is 1. The van der Waals surface area contributed by atoms with Crippen LogP contribution in [-0.2, 0) is 4.79 Å². The van der Waals surface area contributed by atoms with E-state index in [1.54, 1.807) is 12.1 Å². The molecule has 0 amide bonds.